The number of rotatable bonds is 8. The normalized spacial score (nSPS) is 13.5. The van der Waals surface area contributed by atoms with Crippen LogP contribution in [0.2, 0.25) is 0 Å². The number of hydrogen-bond donors (Lipinski definition) is 0. The molecule has 0 radical (unpaired) electrons. The molecule has 0 N–H and O–H groups in total. The molecule has 0 saturated carbocycles. The average Bonchev–Trinajstić information content (AvgIpc) is 2.09. The molecule has 1 atom stereocenters. The quantitative estimate of drug-likeness (QED) is 0.447. The van der Waals surface area contributed by atoms with E-state index in [0.717, 1.165) is 12.6 Å². The first-order valence-corrected chi connectivity index (χ1v) is 6.84. The van der Waals surface area contributed by atoms with Gasteiger partial charge in [0.15, 0.2) is 8.03 Å². The molecule has 80 valence electrons. The SMILES string of the molecule is CCCCCC[PH](=O)OCC(C)C. The van der Waals surface area contributed by atoms with Gasteiger partial charge in [0.2, 0.25) is 0 Å². The van der Waals surface area contributed by atoms with Gasteiger partial charge < -0.3 is 4.52 Å². The summed E-state index contributed by atoms with van der Waals surface area (Å²) >= 11 is 0. The zero-order valence-electron chi connectivity index (χ0n) is 9.14. The van der Waals surface area contributed by atoms with E-state index < -0.39 is 8.03 Å². The van der Waals surface area contributed by atoms with Gasteiger partial charge in [-0.1, -0.05) is 40.0 Å². The summed E-state index contributed by atoms with van der Waals surface area (Å²) in [5.74, 6) is 0.490. The molecule has 0 spiro atoms. The Labute approximate surface area is 82.9 Å². The molecule has 0 aromatic carbocycles. The highest BCUT2D eigenvalue weighted by molar-refractivity contribution is 7.39. The van der Waals surface area contributed by atoms with Gasteiger partial charge in [0.25, 0.3) is 0 Å². The van der Waals surface area contributed by atoms with Crippen LogP contribution in [0.5, 0.6) is 0 Å². The Morgan fingerprint density at radius 2 is 1.92 bits per heavy atom. The second-order valence-electron chi connectivity index (χ2n) is 3.89. The van der Waals surface area contributed by atoms with Gasteiger partial charge in [-0.2, -0.15) is 0 Å². The molecule has 0 bridgehead atoms. The van der Waals surface area contributed by atoms with Crippen molar-refractivity contribution in [3.8, 4) is 0 Å². The van der Waals surface area contributed by atoms with Gasteiger partial charge in [-0.05, 0) is 12.3 Å². The largest absolute Gasteiger partial charge is 0.330 e. The summed E-state index contributed by atoms with van der Waals surface area (Å²) in [6.07, 6.45) is 5.51. The molecular weight excluding hydrogens is 183 g/mol. The Bertz CT molecular complexity index is 135. The van der Waals surface area contributed by atoms with Crippen LogP contribution in [0.1, 0.15) is 46.5 Å². The van der Waals surface area contributed by atoms with E-state index in [-0.39, 0.29) is 0 Å². The van der Waals surface area contributed by atoms with Crippen molar-refractivity contribution in [2.24, 2.45) is 5.92 Å². The zero-order chi connectivity index (χ0) is 10.1. The molecule has 0 aliphatic carbocycles. The van der Waals surface area contributed by atoms with Crippen LogP contribution in [0.25, 0.3) is 0 Å². The summed E-state index contributed by atoms with van der Waals surface area (Å²) in [5, 5.41) is 0. The molecule has 0 rings (SSSR count). The Hall–Kier alpha value is 0.190. The van der Waals surface area contributed by atoms with E-state index in [1.807, 2.05) is 0 Å². The van der Waals surface area contributed by atoms with Crippen LogP contribution in [0, 0.1) is 5.92 Å². The van der Waals surface area contributed by atoms with Crippen molar-refractivity contribution < 1.29 is 9.09 Å². The van der Waals surface area contributed by atoms with Gasteiger partial charge in [-0.15, -0.1) is 0 Å². The van der Waals surface area contributed by atoms with Crippen LogP contribution in [0.15, 0.2) is 0 Å². The van der Waals surface area contributed by atoms with Crippen molar-refractivity contribution >= 4 is 8.03 Å². The average molecular weight is 206 g/mol. The second kappa shape index (κ2) is 8.77. The lowest BCUT2D eigenvalue weighted by molar-refractivity contribution is 0.282. The van der Waals surface area contributed by atoms with Gasteiger partial charge in [0.05, 0.1) is 6.61 Å². The van der Waals surface area contributed by atoms with Gasteiger partial charge in [-0.3, -0.25) is 4.57 Å². The van der Waals surface area contributed by atoms with Crippen molar-refractivity contribution in [2.45, 2.75) is 46.5 Å². The Morgan fingerprint density at radius 1 is 1.23 bits per heavy atom. The fourth-order valence-electron chi connectivity index (χ4n) is 1.03. The van der Waals surface area contributed by atoms with E-state index in [1.54, 1.807) is 0 Å². The van der Waals surface area contributed by atoms with E-state index in [0.29, 0.717) is 12.5 Å². The minimum Gasteiger partial charge on any atom is -0.330 e. The molecule has 0 aromatic rings. The molecule has 0 aliphatic heterocycles. The molecule has 0 heterocycles. The van der Waals surface area contributed by atoms with Crippen LogP contribution < -0.4 is 0 Å². The first kappa shape index (κ1) is 13.2. The van der Waals surface area contributed by atoms with E-state index in [2.05, 4.69) is 20.8 Å². The van der Waals surface area contributed by atoms with Crippen molar-refractivity contribution in [1.29, 1.82) is 0 Å². The summed E-state index contributed by atoms with van der Waals surface area (Å²) in [5.41, 5.74) is 0. The lowest BCUT2D eigenvalue weighted by Crippen LogP contribution is -1.97. The molecule has 3 heteroatoms. The van der Waals surface area contributed by atoms with Crippen LogP contribution >= 0.6 is 8.03 Å². The molecule has 0 aromatic heterocycles. The van der Waals surface area contributed by atoms with Crippen LogP contribution in [0.3, 0.4) is 0 Å². The fourth-order valence-corrected chi connectivity index (χ4v) is 2.23. The molecular formula is C10H23O2P. The number of unbranched alkanes of at least 4 members (excludes halogenated alkanes) is 3. The molecule has 1 unspecified atom stereocenters. The highest BCUT2D eigenvalue weighted by Crippen LogP contribution is 2.24. The monoisotopic (exact) mass is 206 g/mol. The first-order chi connectivity index (χ1) is 6.16. The van der Waals surface area contributed by atoms with Gasteiger partial charge in [0, 0.05) is 6.16 Å². The molecule has 2 nitrogen and oxygen atoms in total. The van der Waals surface area contributed by atoms with Crippen molar-refractivity contribution in [3.05, 3.63) is 0 Å². The third-order valence-electron chi connectivity index (χ3n) is 1.81. The highest BCUT2D eigenvalue weighted by atomic mass is 31.1. The van der Waals surface area contributed by atoms with Gasteiger partial charge >= 0.3 is 0 Å². The predicted octanol–water partition coefficient (Wildman–Crippen LogP) is 3.71. The Kier molecular flexibility index (Phi) is 8.90. The van der Waals surface area contributed by atoms with Gasteiger partial charge in [-0.25, -0.2) is 0 Å². The van der Waals surface area contributed by atoms with E-state index >= 15 is 0 Å². The summed E-state index contributed by atoms with van der Waals surface area (Å²) < 4.78 is 16.5. The van der Waals surface area contributed by atoms with E-state index in [4.69, 9.17) is 4.52 Å². The van der Waals surface area contributed by atoms with Crippen molar-refractivity contribution in [2.75, 3.05) is 12.8 Å². The van der Waals surface area contributed by atoms with Crippen LogP contribution in [-0.2, 0) is 9.09 Å². The summed E-state index contributed by atoms with van der Waals surface area (Å²) in [6.45, 7) is 6.97. The van der Waals surface area contributed by atoms with Crippen LogP contribution in [0.4, 0.5) is 0 Å². The summed E-state index contributed by atoms with van der Waals surface area (Å²) in [4.78, 5) is 0. The number of hydrogen-bond acceptors (Lipinski definition) is 2. The maximum absolute atomic E-state index is 11.3. The van der Waals surface area contributed by atoms with Crippen molar-refractivity contribution in [3.63, 3.8) is 0 Å². The summed E-state index contributed by atoms with van der Waals surface area (Å²) in [7, 11) is -1.72. The van der Waals surface area contributed by atoms with E-state index in [9.17, 15) is 4.57 Å². The maximum atomic E-state index is 11.3. The fraction of sp³-hybridized carbons (Fsp3) is 1.00. The summed E-state index contributed by atoms with van der Waals surface area (Å²) in [6, 6.07) is 0. The predicted molar refractivity (Wildman–Crippen MR) is 58.8 cm³/mol. The Morgan fingerprint density at radius 3 is 2.46 bits per heavy atom. The zero-order valence-corrected chi connectivity index (χ0v) is 10.1. The standard InChI is InChI=1S/C10H23O2P/c1-4-5-6-7-8-13(11)12-9-10(2)3/h10,13H,4-9H2,1-3H3. The Balaban J connectivity index is 3.20. The topological polar surface area (TPSA) is 26.3 Å². The lowest BCUT2D eigenvalue weighted by atomic mass is 10.2. The lowest BCUT2D eigenvalue weighted by Gasteiger charge is -2.06. The molecule has 0 aliphatic rings. The third-order valence-corrected chi connectivity index (χ3v) is 3.06. The molecule has 0 fully saturated rings. The minimum absolute atomic E-state index is 0.490. The van der Waals surface area contributed by atoms with Gasteiger partial charge in [0.1, 0.15) is 0 Å². The smallest absolute Gasteiger partial charge is 0.191 e. The molecule has 13 heavy (non-hydrogen) atoms. The molecule has 0 amide bonds. The highest BCUT2D eigenvalue weighted by Gasteiger charge is 2.01. The van der Waals surface area contributed by atoms with E-state index in [1.165, 1.54) is 19.3 Å². The minimum atomic E-state index is -1.72. The maximum Gasteiger partial charge on any atom is 0.191 e. The molecule has 0 saturated heterocycles. The third kappa shape index (κ3) is 10.1. The van der Waals surface area contributed by atoms with Crippen LogP contribution in [-0.4, -0.2) is 12.8 Å². The second-order valence-corrected chi connectivity index (χ2v) is 5.42. The first-order valence-electron chi connectivity index (χ1n) is 5.32. The van der Waals surface area contributed by atoms with Crippen molar-refractivity contribution in [1.82, 2.24) is 0 Å².